The SMILES string of the molecule is O=c1cc(NCCO)cc[nH]1. The molecule has 0 aliphatic heterocycles. The van der Waals surface area contributed by atoms with Crippen molar-refractivity contribution in [1.82, 2.24) is 4.98 Å². The van der Waals surface area contributed by atoms with Crippen LogP contribution in [0.25, 0.3) is 0 Å². The molecule has 1 heterocycles. The molecule has 0 bridgehead atoms. The summed E-state index contributed by atoms with van der Waals surface area (Å²) in [5.74, 6) is 0. The maximum atomic E-state index is 10.7. The van der Waals surface area contributed by atoms with Gasteiger partial charge in [-0.1, -0.05) is 0 Å². The minimum Gasteiger partial charge on any atom is -0.395 e. The van der Waals surface area contributed by atoms with E-state index < -0.39 is 0 Å². The number of aromatic amines is 1. The number of hydrogen-bond donors (Lipinski definition) is 3. The number of pyridine rings is 1. The molecule has 4 nitrogen and oxygen atoms in total. The maximum absolute atomic E-state index is 10.7. The average Bonchev–Trinajstić information content (AvgIpc) is 2.01. The summed E-state index contributed by atoms with van der Waals surface area (Å²) in [4.78, 5) is 13.2. The van der Waals surface area contributed by atoms with Crippen LogP contribution >= 0.6 is 0 Å². The summed E-state index contributed by atoms with van der Waals surface area (Å²) in [6.07, 6.45) is 1.56. The van der Waals surface area contributed by atoms with Crippen LogP contribution in [0.5, 0.6) is 0 Å². The molecule has 0 aliphatic rings. The number of aliphatic hydroxyl groups excluding tert-OH is 1. The molecule has 0 fully saturated rings. The Kier molecular flexibility index (Phi) is 2.68. The van der Waals surface area contributed by atoms with Gasteiger partial charge in [0.2, 0.25) is 5.56 Å². The highest BCUT2D eigenvalue weighted by atomic mass is 16.3. The monoisotopic (exact) mass is 154 g/mol. The lowest BCUT2D eigenvalue weighted by atomic mass is 10.4. The third-order valence-electron chi connectivity index (χ3n) is 1.22. The molecule has 1 rings (SSSR count). The van der Waals surface area contributed by atoms with Crippen molar-refractivity contribution in [2.24, 2.45) is 0 Å². The first-order chi connectivity index (χ1) is 5.33. The largest absolute Gasteiger partial charge is 0.395 e. The van der Waals surface area contributed by atoms with Gasteiger partial charge in [0.25, 0.3) is 0 Å². The smallest absolute Gasteiger partial charge is 0.249 e. The van der Waals surface area contributed by atoms with E-state index in [1.54, 1.807) is 12.3 Å². The third kappa shape index (κ3) is 2.43. The zero-order valence-electron chi connectivity index (χ0n) is 6.00. The Morgan fingerprint density at radius 1 is 1.64 bits per heavy atom. The van der Waals surface area contributed by atoms with Crippen LogP contribution in [-0.4, -0.2) is 23.2 Å². The number of anilines is 1. The molecular formula is C7H10N2O2. The van der Waals surface area contributed by atoms with Crippen LogP contribution in [0, 0.1) is 0 Å². The van der Waals surface area contributed by atoms with E-state index in [0.29, 0.717) is 6.54 Å². The molecule has 0 radical (unpaired) electrons. The minimum absolute atomic E-state index is 0.0623. The van der Waals surface area contributed by atoms with Gasteiger partial charge in [-0.05, 0) is 6.07 Å². The molecule has 1 aromatic rings. The van der Waals surface area contributed by atoms with Gasteiger partial charge >= 0.3 is 0 Å². The molecule has 0 amide bonds. The summed E-state index contributed by atoms with van der Waals surface area (Å²) in [5, 5.41) is 11.3. The van der Waals surface area contributed by atoms with Crippen molar-refractivity contribution >= 4 is 5.69 Å². The van der Waals surface area contributed by atoms with Gasteiger partial charge in [0, 0.05) is 24.5 Å². The van der Waals surface area contributed by atoms with E-state index in [4.69, 9.17) is 5.11 Å². The second kappa shape index (κ2) is 3.78. The summed E-state index contributed by atoms with van der Waals surface area (Å²) in [5.41, 5.74) is 0.579. The van der Waals surface area contributed by atoms with E-state index in [2.05, 4.69) is 10.3 Å². The van der Waals surface area contributed by atoms with E-state index in [-0.39, 0.29) is 12.2 Å². The summed E-state index contributed by atoms with van der Waals surface area (Å²) in [7, 11) is 0. The molecule has 0 saturated heterocycles. The van der Waals surface area contributed by atoms with Gasteiger partial charge in [0.15, 0.2) is 0 Å². The van der Waals surface area contributed by atoms with Gasteiger partial charge < -0.3 is 15.4 Å². The highest BCUT2D eigenvalue weighted by Gasteiger charge is 1.89. The van der Waals surface area contributed by atoms with Crippen molar-refractivity contribution in [2.75, 3.05) is 18.5 Å². The standard InChI is InChI=1S/C7H10N2O2/c10-4-3-8-6-1-2-9-7(11)5-6/h1-2,5,10H,3-4H2,(H2,8,9,11). The normalized spacial score (nSPS) is 9.55. The van der Waals surface area contributed by atoms with Gasteiger partial charge in [-0.3, -0.25) is 4.79 Å². The minimum atomic E-state index is -0.145. The van der Waals surface area contributed by atoms with Crippen molar-refractivity contribution < 1.29 is 5.11 Å². The molecule has 0 atom stereocenters. The zero-order chi connectivity index (χ0) is 8.10. The number of aliphatic hydroxyl groups is 1. The van der Waals surface area contributed by atoms with Crippen LogP contribution in [0.15, 0.2) is 23.1 Å². The first-order valence-electron chi connectivity index (χ1n) is 3.36. The average molecular weight is 154 g/mol. The Bertz CT molecular complexity index is 269. The molecular weight excluding hydrogens is 144 g/mol. The molecule has 1 aromatic heterocycles. The van der Waals surface area contributed by atoms with Gasteiger partial charge in [-0.25, -0.2) is 0 Å². The van der Waals surface area contributed by atoms with Gasteiger partial charge in [-0.15, -0.1) is 0 Å². The molecule has 4 heteroatoms. The number of aromatic nitrogens is 1. The van der Waals surface area contributed by atoms with Crippen molar-refractivity contribution in [2.45, 2.75) is 0 Å². The molecule has 0 spiro atoms. The predicted molar refractivity (Wildman–Crippen MR) is 42.6 cm³/mol. The second-order valence-corrected chi connectivity index (χ2v) is 2.09. The Labute approximate surface area is 63.9 Å². The number of nitrogens with one attached hydrogen (secondary N) is 2. The Hall–Kier alpha value is -1.29. The van der Waals surface area contributed by atoms with Crippen molar-refractivity contribution in [3.8, 4) is 0 Å². The highest BCUT2D eigenvalue weighted by molar-refractivity contribution is 5.40. The quantitative estimate of drug-likeness (QED) is 0.564. The van der Waals surface area contributed by atoms with E-state index in [1.807, 2.05) is 0 Å². The Balaban J connectivity index is 2.64. The van der Waals surface area contributed by atoms with Gasteiger partial charge in [-0.2, -0.15) is 0 Å². The van der Waals surface area contributed by atoms with Crippen LogP contribution in [0.3, 0.4) is 0 Å². The molecule has 0 unspecified atom stereocenters. The maximum Gasteiger partial charge on any atom is 0.249 e. The van der Waals surface area contributed by atoms with Crippen molar-refractivity contribution in [3.63, 3.8) is 0 Å². The second-order valence-electron chi connectivity index (χ2n) is 2.09. The van der Waals surface area contributed by atoms with E-state index >= 15 is 0 Å². The Morgan fingerprint density at radius 3 is 3.09 bits per heavy atom. The first kappa shape index (κ1) is 7.81. The lowest BCUT2D eigenvalue weighted by Crippen LogP contribution is -2.09. The lowest BCUT2D eigenvalue weighted by Gasteiger charge is -2.01. The highest BCUT2D eigenvalue weighted by Crippen LogP contribution is 1.98. The van der Waals surface area contributed by atoms with Crippen LogP contribution in [-0.2, 0) is 0 Å². The van der Waals surface area contributed by atoms with Crippen LogP contribution in [0.1, 0.15) is 0 Å². The molecule has 60 valence electrons. The fraction of sp³-hybridized carbons (Fsp3) is 0.286. The summed E-state index contributed by atoms with van der Waals surface area (Å²) >= 11 is 0. The summed E-state index contributed by atoms with van der Waals surface area (Å²) in [6, 6.07) is 3.17. The van der Waals surface area contributed by atoms with E-state index in [0.717, 1.165) is 5.69 Å². The van der Waals surface area contributed by atoms with Crippen LogP contribution in [0.2, 0.25) is 0 Å². The molecule has 3 N–H and O–H groups in total. The number of H-pyrrole nitrogens is 1. The third-order valence-corrected chi connectivity index (χ3v) is 1.22. The van der Waals surface area contributed by atoms with E-state index in [1.165, 1.54) is 6.07 Å². The van der Waals surface area contributed by atoms with E-state index in [9.17, 15) is 4.79 Å². The summed E-state index contributed by atoms with van der Waals surface area (Å²) in [6.45, 7) is 0.524. The molecule has 0 saturated carbocycles. The first-order valence-corrected chi connectivity index (χ1v) is 3.36. The van der Waals surface area contributed by atoms with Crippen LogP contribution in [0.4, 0.5) is 5.69 Å². The Morgan fingerprint density at radius 2 is 2.45 bits per heavy atom. The van der Waals surface area contributed by atoms with Gasteiger partial charge in [0.1, 0.15) is 0 Å². The van der Waals surface area contributed by atoms with Crippen LogP contribution < -0.4 is 10.9 Å². The molecule has 0 aliphatic carbocycles. The number of rotatable bonds is 3. The number of hydrogen-bond acceptors (Lipinski definition) is 3. The van der Waals surface area contributed by atoms with Crippen molar-refractivity contribution in [3.05, 3.63) is 28.7 Å². The predicted octanol–water partition coefficient (Wildman–Crippen LogP) is -0.221. The van der Waals surface area contributed by atoms with Gasteiger partial charge in [0.05, 0.1) is 6.61 Å². The topological polar surface area (TPSA) is 65.1 Å². The lowest BCUT2D eigenvalue weighted by molar-refractivity contribution is 0.311. The summed E-state index contributed by atoms with van der Waals surface area (Å²) < 4.78 is 0. The fourth-order valence-corrected chi connectivity index (χ4v) is 0.755. The fourth-order valence-electron chi connectivity index (χ4n) is 0.755. The van der Waals surface area contributed by atoms with Crippen molar-refractivity contribution in [1.29, 1.82) is 0 Å². The zero-order valence-corrected chi connectivity index (χ0v) is 6.00. The molecule has 0 aromatic carbocycles. The molecule has 11 heavy (non-hydrogen) atoms.